The summed E-state index contributed by atoms with van der Waals surface area (Å²) in [7, 11) is 0. The van der Waals surface area contributed by atoms with Crippen molar-refractivity contribution in [2.75, 3.05) is 19.7 Å². The molecule has 1 heterocycles. The van der Waals surface area contributed by atoms with Gasteiger partial charge >= 0.3 is 5.97 Å². The first-order valence-corrected chi connectivity index (χ1v) is 9.56. The van der Waals surface area contributed by atoms with Crippen molar-refractivity contribution in [1.82, 2.24) is 9.88 Å². The van der Waals surface area contributed by atoms with E-state index in [1.807, 2.05) is 0 Å². The van der Waals surface area contributed by atoms with E-state index >= 15 is 0 Å². The molecule has 0 fully saturated rings. The number of carbonyl (C=O) groups is 3. The molecule has 2 rings (SSSR count). The summed E-state index contributed by atoms with van der Waals surface area (Å²) in [5, 5.41) is 11.2. The molecule has 0 spiro atoms. The number of ketones is 1. The first-order chi connectivity index (χ1) is 14.1. The van der Waals surface area contributed by atoms with Gasteiger partial charge in [0.25, 0.3) is 11.6 Å². The highest BCUT2D eigenvalue weighted by Gasteiger charge is 2.26. The molecule has 30 heavy (non-hydrogen) atoms. The van der Waals surface area contributed by atoms with Crippen molar-refractivity contribution in [2.24, 2.45) is 0 Å². The van der Waals surface area contributed by atoms with Crippen molar-refractivity contribution < 1.29 is 24.0 Å². The second-order valence-corrected chi connectivity index (χ2v) is 6.85. The lowest BCUT2D eigenvalue weighted by Gasteiger charge is -2.20. The molecule has 9 nitrogen and oxygen atoms in total. The number of aryl methyl sites for hydroxylation is 2. The van der Waals surface area contributed by atoms with E-state index in [9.17, 15) is 24.5 Å². The fourth-order valence-corrected chi connectivity index (χ4v) is 3.28. The van der Waals surface area contributed by atoms with Crippen molar-refractivity contribution in [2.45, 2.75) is 34.6 Å². The number of aromatic amines is 1. The van der Waals surface area contributed by atoms with Crippen LogP contribution >= 0.6 is 0 Å². The number of rotatable bonds is 8. The van der Waals surface area contributed by atoms with Crippen LogP contribution in [0.1, 0.15) is 61.9 Å². The van der Waals surface area contributed by atoms with Crippen LogP contribution in [0.25, 0.3) is 0 Å². The van der Waals surface area contributed by atoms with E-state index in [0.717, 1.165) is 0 Å². The van der Waals surface area contributed by atoms with Crippen LogP contribution in [0.15, 0.2) is 18.2 Å². The van der Waals surface area contributed by atoms with E-state index in [4.69, 9.17) is 4.74 Å². The molecule has 0 saturated carbocycles. The van der Waals surface area contributed by atoms with Crippen LogP contribution in [0.5, 0.6) is 0 Å². The minimum Gasteiger partial charge on any atom is -0.461 e. The fraction of sp³-hybridized carbons (Fsp3) is 0.381. The molecule has 0 aliphatic rings. The second kappa shape index (κ2) is 9.34. The predicted octanol–water partition coefficient (Wildman–Crippen LogP) is 3.37. The van der Waals surface area contributed by atoms with E-state index in [1.165, 1.54) is 23.1 Å². The molecule has 0 aliphatic carbocycles. The number of nitro groups is 1. The zero-order chi connectivity index (χ0) is 22.6. The summed E-state index contributed by atoms with van der Waals surface area (Å²) in [6.07, 6.45) is 0. The molecule has 0 radical (unpaired) electrons. The SMILES string of the molecule is CCOC(=O)c1[nH]c(C)c(C(=O)CN(CC)C(=O)c2ccc(C)c([N+](=O)[O-])c2)c1C. The van der Waals surface area contributed by atoms with Crippen molar-refractivity contribution in [1.29, 1.82) is 0 Å². The van der Waals surface area contributed by atoms with Gasteiger partial charge in [-0.3, -0.25) is 19.7 Å². The first kappa shape index (κ1) is 22.8. The molecule has 0 atom stereocenters. The summed E-state index contributed by atoms with van der Waals surface area (Å²) >= 11 is 0. The van der Waals surface area contributed by atoms with Crippen LogP contribution in [-0.2, 0) is 4.74 Å². The first-order valence-electron chi connectivity index (χ1n) is 9.56. The third kappa shape index (κ3) is 4.56. The molecule has 2 aromatic rings. The Morgan fingerprint density at radius 2 is 1.83 bits per heavy atom. The molecule has 0 unspecified atom stereocenters. The summed E-state index contributed by atoms with van der Waals surface area (Å²) in [5.74, 6) is -1.37. The lowest BCUT2D eigenvalue weighted by atomic mass is 10.0. The summed E-state index contributed by atoms with van der Waals surface area (Å²) in [6.45, 7) is 8.53. The van der Waals surface area contributed by atoms with E-state index < -0.39 is 16.8 Å². The Kier molecular flexibility index (Phi) is 7.10. The summed E-state index contributed by atoms with van der Waals surface area (Å²) in [5.41, 5.74) is 1.94. The van der Waals surface area contributed by atoms with Gasteiger partial charge in [0.05, 0.1) is 18.1 Å². The summed E-state index contributed by atoms with van der Waals surface area (Å²) < 4.78 is 4.99. The number of hydrogen-bond acceptors (Lipinski definition) is 6. The summed E-state index contributed by atoms with van der Waals surface area (Å²) in [6, 6.07) is 4.23. The number of nitrogens with one attached hydrogen (secondary N) is 1. The van der Waals surface area contributed by atoms with Crippen molar-refractivity contribution >= 4 is 23.3 Å². The number of ether oxygens (including phenoxy) is 1. The minimum absolute atomic E-state index is 0.136. The van der Waals surface area contributed by atoms with Gasteiger partial charge in [0.15, 0.2) is 5.78 Å². The highest BCUT2D eigenvalue weighted by atomic mass is 16.6. The average molecular weight is 415 g/mol. The smallest absolute Gasteiger partial charge is 0.355 e. The number of H-pyrrole nitrogens is 1. The molecule has 0 aliphatic heterocycles. The normalized spacial score (nSPS) is 10.6. The Bertz CT molecular complexity index is 1010. The molecule has 9 heteroatoms. The molecule has 1 N–H and O–H groups in total. The van der Waals surface area contributed by atoms with Gasteiger partial charge in [-0.25, -0.2) is 4.79 Å². The predicted molar refractivity (Wildman–Crippen MR) is 110 cm³/mol. The van der Waals surface area contributed by atoms with Crippen LogP contribution in [0.2, 0.25) is 0 Å². The maximum absolute atomic E-state index is 12.9. The molecule has 1 aromatic heterocycles. The molecule has 1 amide bonds. The van der Waals surface area contributed by atoms with Crippen molar-refractivity contribution in [3.63, 3.8) is 0 Å². The van der Waals surface area contributed by atoms with E-state index in [1.54, 1.807) is 34.6 Å². The molecule has 0 saturated heterocycles. The van der Waals surface area contributed by atoms with Crippen LogP contribution in [0.3, 0.4) is 0 Å². The number of hydrogen-bond donors (Lipinski definition) is 1. The number of aromatic nitrogens is 1. The number of nitrogens with zero attached hydrogens (tertiary/aromatic N) is 2. The van der Waals surface area contributed by atoms with Gasteiger partial charge in [-0.05, 0) is 46.2 Å². The zero-order valence-corrected chi connectivity index (χ0v) is 17.7. The van der Waals surface area contributed by atoms with Gasteiger partial charge in [-0.1, -0.05) is 6.07 Å². The standard InChI is InChI=1S/C21H25N3O6/c1-6-23(20(26)15-9-8-12(3)16(10-15)24(28)29)11-17(25)18-13(4)19(22-14(18)5)21(27)30-7-2/h8-10,22H,6-7,11H2,1-5H3. The van der Waals surface area contributed by atoms with Gasteiger partial charge in [0.2, 0.25) is 0 Å². The highest BCUT2D eigenvalue weighted by Crippen LogP contribution is 2.22. The molecule has 160 valence electrons. The third-order valence-electron chi connectivity index (χ3n) is 4.85. The van der Waals surface area contributed by atoms with Gasteiger partial charge in [0, 0.05) is 35.0 Å². The monoisotopic (exact) mass is 415 g/mol. The minimum atomic E-state index is -0.549. The van der Waals surface area contributed by atoms with Crippen LogP contribution < -0.4 is 0 Å². The topological polar surface area (TPSA) is 123 Å². The summed E-state index contributed by atoms with van der Waals surface area (Å²) in [4.78, 5) is 52.7. The third-order valence-corrected chi connectivity index (χ3v) is 4.85. The van der Waals surface area contributed by atoms with E-state index in [-0.39, 0.29) is 42.4 Å². The molecular weight excluding hydrogens is 390 g/mol. The number of nitro benzene ring substituents is 1. The Morgan fingerprint density at radius 1 is 1.17 bits per heavy atom. The van der Waals surface area contributed by atoms with Crippen molar-refractivity contribution in [3.05, 3.63) is 62.0 Å². The number of benzene rings is 1. The molecule has 1 aromatic carbocycles. The Balaban J connectivity index is 2.29. The Morgan fingerprint density at radius 3 is 2.40 bits per heavy atom. The van der Waals surface area contributed by atoms with E-state index in [2.05, 4.69) is 4.98 Å². The maximum Gasteiger partial charge on any atom is 0.355 e. The van der Waals surface area contributed by atoms with Crippen LogP contribution in [0.4, 0.5) is 5.69 Å². The maximum atomic E-state index is 12.9. The molecular formula is C21H25N3O6. The van der Waals surface area contributed by atoms with Gasteiger partial charge < -0.3 is 14.6 Å². The van der Waals surface area contributed by atoms with Gasteiger partial charge in [0.1, 0.15) is 5.69 Å². The Hall–Kier alpha value is -3.49. The fourth-order valence-electron chi connectivity index (χ4n) is 3.28. The number of amides is 1. The lowest BCUT2D eigenvalue weighted by molar-refractivity contribution is -0.385. The van der Waals surface area contributed by atoms with Gasteiger partial charge in [-0.2, -0.15) is 0 Å². The van der Waals surface area contributed by atoms with Crippen LogP contribution in [0, 0.1) is 30.9 Å². The highest BCUT2D eigenvalue weighted by molar-refractivity contribution is 6.05. The average Bonchev–Trinajstić information content (AvgIpc) is 3.00. The molecule has 0 bridgehead atoms. The van der Waals surface area contributed by atoms with Crippen molar-refractivity contribution in [3.8, 4) is 0 Å². The van der Waals surface area contributed by atoms with Gasteiger partial charge in [-0.15, -0.1) is 0 Å². The largest absolute Gasteiger partial charge is 0.461 e. The number of Topliss-reactive ketones (excluding diaryl/α,β-unsaturated/α-hetero) is 1. The number of esters is 1. The Labute approximate surface area is 174 Å². The van der Waals surface area contributed by atoms with E-state index in [0.29, 0.717) is 22.4 Å². The second-order valence-electron chi connectivity index (χ2n) is 6.85. The van der Waals surface area contributed by atoms with Crippen LogP contribution in [-0.4, -0.2) is 52.2 Å². The number of carbonyl (C=O) groups excluding carboxylic acids is 3. The quantitative estimate of drug-likeness (QED) is 0.305. The zero-order valence-electron chi connectivity index (χ0n) is 17.7. The lowest BCUT2D eigenvalue weighted by Crippen LogP contribution is -2.36. The number of likely N-dealkylation sites (N-methyl/N-ethyl adjacent to an activating group) is 1.